The van der Waals surface area contributed by atoms with Crippen LogP contribution in [-0.4, -0.2) is 34.1 Å². The molecule has 0 bridgehead atoms. The number of rotatable bonds is 3. The lowest BCUT2D eigenvalue weighted by atomic mass is 9.98. The number of nitrogens with two attached hydrogens (primary N) is 1. The van der Waals surface area contributed by atoms with E-state index in [0.717, 1.165) is 0 Å². The minimum Gasteiger partial charge on any atom is -0.481 e. The van der Waals surface area contributed by atoms with E-state index in [4.69, 9.17) is 18.1 Å². The summed E-state index contributed by atoms with van der Waals surface area (Å²) in [4.78, 5) is 19.6. The van der Waals surface area contributed by atoms with Gasteiger partial charge in [0.05, 0.1) is 5.92 Å². The summed E-state index contributed by atoms with van der Waals surface area (Å²) in [6.45, 7) is 0.750. The average molecular weight is 276 g/mol. The highest BCUT2D eigenvalue weighted by atomic mass is 35.5. The van der Waals surface area contributed by atoms with Gasteiger partial charge in [0.1, 0.15) is 5.02 Å². The van der Waals surface area contributed by atoms with Crippen molar-refractivity contribution in [3.63, 3.8) is 0 Å². The van der Waals surface area contributed by atoms with Crippen molar-refractivity contribution >= 4 is 29.2 Å². The second-order valence-corrected chi connectivity index (χ2v) is 4.48. The first kappa shape index (κ1) is 11.5. The number of halogens is 2. The highest BCUT2D eigenvalue weighted by Gasteiger charge is 2.28. The van der Waals surface area contributed by atoms with E-state index in [1.807, 2.05) is 5.73 Å². The number of carboxylic acid groups (broad SMARTS) is 1. The van der Waals surface area contributed by atoms with Crippen LogP contribution in [0.25, 0.3) is 0 Å². The molecule has 0 amide bonds. The lowest BCUT2D eigenvalue weighted by Crippen LogP contribution is -2.39. The molecule has 6 nitrogen and oxygen atoms in total. The Morgan fingerprint density at radius 3 is 3.11 bits per heavy atom. The molecule has 1 unspecified atom stereocenters. The molecule has 18 heavy (non-hydrogen) atoms. The zero-order chi connectivity index (χ0) is 14.0. The molecular formula is C10H12ClFN4O2. The van der Waals surface area contributed by atoms with Crippen molar-refractivity contribution in [2.45, 2.75) is 12.8 Å². The number of hydrogen-bond donors (Lipinski definition) is 2. The molecule has 1 aromatic heterocycles. The summed E-state index contributed by atoms with van der Waals surface area (Å²) in [6.07, 6.45) is 0.218. The zero-order valence-electron chi connectivity index (χ0n) is 10.4. The fraction of sp³-hybridized carbons (Fsp3) is 0.500. The first-order valence-electron chi connectivity index (χ1n) is 5.91. The Kier molecular flexibility index (Phi) is 3.14. The molecule has 2 rings (SSSR count). The normalized spacial score (nSPS) is 20.4. The SMILES string of the molecule is [2H]Nc1nc(F)nc(N2CCCC(C(=O)O)C2)c1Cl. The summed E-state index contributed by atoms with van der Waals surface area (Å²) in [6, 6.07) is 0. The second kappa shape index (κ2) is 4.93. The molecule has 1 saturated heterocycles. The molecule has 3 N–H and O–H groups in total. The lowest BCUT2D eigenvalue weighted by Gasteiger charge is -2.32. The predicted octanol–water partition coefficient (Wildman–Crippen LogP) is 1.15. The first-order chi connectivity index (χ1) is 9.02. The Labute approximate surface area is 109 Å². The molecule has 0 aromatic carbocycles. The molecule has 1 atom stereocenters. The number of carboxylic acids is 1. The van der Waals surface area contributed by atoms with Crippen LogP contribution >= 0.6 is 11.6 Å². The number of piperidine rings is 1. The van der Waals surface area contributed by atoms with Gasteiger partial charge >= 0.3 is 12.0 Å². The highest BCUT2D eigenvalue weighted by molar-refractivity contribution is 6.35. The Morgan fingerprint density at radius 1 is 1.67 bits per heavy atom. The van der Waals surface area contributed by atoms with Gasteiger partial charge in [-0.3, -0.25) is 4.79 Å². The summed E-state index contributed by atoms with van der Waals surface area (Å²) in [5, 5.41) is 9.03. The van der Waals surface area contributed by atoms with Gasteiger partial charge in [-0.1, -0.05) is 11.6 Å². The van der Waals surface area contributed by atoms with Gasteiger partial charge in [0.25, 0.3) is 0 Å². The topological polar surface area (TPSA) is 92.3 Å². The number of nitrogen functional groups attached to an aromatic ring is 1. The molecule has 98 valence electrons. The Morgan fingerprint density at radius 2 is 2.44 bits per heavy atom. The van der Waals surface area contributed by atoms with Gasteiger partial charge in [0.15, 0.2) is 13.0 Å². The van der Waals surface area contributed by atoms with Crippen molar-refractivity contribution in [3.8, 4) is 0 Å². The molecule has 1 aromatic rings. The van der Waals surface area contributed by atoms with Crippen LogP contribution in [0.5, 0.6) is 0 Å². The van der Waals surface area contributed by atoms with Crippen LogP contribution in [0.4, 0.5) is 16.0 Å². The standard InChI is InChI=1S/C10H12ClFN4O2/c11-6-7(13)14-10(12)15-8(6)16-3-1-2-5(4-16)9(17)18/h5H,1-4H2,(H,17,18)(H2,13,14,15)/i/hD. The maximum absolute atomic E-state index is 13.3. The van der Waals surface area contributed by atoms with Gasteiger partial charge in [-0.05, 0) is 12.8 Å². The van der Waals surface area contributed by atoms with E-state index in [9.17, 15) is 9.18 Å². The molecule has 0 spiro atoms. The van der Waals surface area contributed by atoms with Crippen LogP contribution < -0.4 is 10.6 Å². The smallest absolute Gasteiger partial charge is 0.312 e. The highest BCUT2D eigenvalue weighted by Crippen LogP contribution is 2.30. The van der Waals surface area contributed by atoms with Crippen molar-refractivity contribution in [1.82, 2.24) is 9.97 Å². The Hall–Kier alpha value is -1.63. The third kappa shape index (κ3) is 2.45. The van der Waals surface area contributed by atoms with Crippen molar-refractivity contribution in [2.24, 2.45) is 5.92 Å². The predicted molar refractivity (Wildman–Crippen MR) is 64.0 cm³/mol. The number of nitrogens with zero attached hydrogens (tertiary/aromatic N) is 3. The molecule has 1 aliphatic heterocycles. The minimum absolute atomic E-state index is 0.0161. The van der Waals surface area contributed by atoms with Crippen LogP contribution in [0.1, 0.15) is 12.8 Å². The molecule has 2 heterocycles. The summed E-state index contributed by atoms with van der Waals surface area (Å²) in [7, 11) is 0. The second-order valence-electron chi connectivity index (χ2n) is 4.10. The quantitative estimate of drug-likeness (QED) is 0.804. The largest absolute Gasteiger partial charge is 0.481 e. The lowest BCUT2D eigenvalue weighted by molar-refractivity contribution is -0.141. The third-order valence-electron chi connectivity index (χ3n) is 2.88. The van der Waals surface area contributed by atoms with Crippen LogP contribution in [0.15, 0.2) is 0 Å². The van der Waals surface area contributed by atoms with Crippen LogP contribution in [0.2, 0.25) is 6.43 Å². The monoisotopic (exact) mass is 275 g/mol. The molecule has 0 aliphatic carbocycles. The molecule has 8 heteroatoms. The molecule has 0 saturated carbocycles. The Bertz CT molecular complexity index is 505. The number of aliphatic carboxylic acids is 1. The molecule has 1 fully saturated rings. The van der Waals surface area contributed by atoms with Crippen molar-refractivity contribution in [1.29, 1.82) is 0 Å². The molecule has 0 radical (unpaired) electrons. The third-order valence-corrected chi connectivity index (χ3v) is 3.22. The number of anilines is 2. The van der Waals surface area contributed by atoms with E-state index >= 15 is 0 Å². The maximum Gasteiger partial charge on any atom is 0.312 e. The van der Waals surface area contributed by atoms with Crippen LogP contribution in [0.3, 0.4) is 0 Å². The fourth-order valence-corrected chi connectivity index (χ4v) is 2.19. The molecule has 1 aliphatic rings. The van der Waals surface area contributed by atoms with Crippen LogP contribution in [-0.2, 0) is 4.79 Å². The van der Waals surface area contributed by atoms with Gasteiger partial charge < -0.3 is 15.7 Å². The van der Waals surface area contributed by atoms with Crippen molar-refractivity contribution in [2.75, 3.05) is 23.7 Å². The summed E-state index contributed by atoms with van der Waals surface area (Å²) < 4.78 is 20.3. The van der Waals surface area contributed by atoms with E-state index in [2.05, 4.69) is 9.97 Å². The molecular weight excluding hydrogens is 263 g/mol. The van der Waals surface area contributed by atoms with Crippen molar-refractivity contribution < 1.29 is 15.7 Å². The van der Waals surface area contributed by atoms with Gasteiger partial charge in [0.2, 0.25) is 0 Å². The zero-order valence-corrected chi connectivity index (χ0v) is 10.1. The number of carbonyl (C=O) groups is 1. The summed E-state index contributed by atoms with van der Waals surface area (Å²) in [5.41, 5.74) is 1.93. The first-order valence-corrected chi connectivity index (χ1v) is 5.79. The maximum atomic E-state index is 13.3. The van der Waals surface area contributed by atoms with E-state index in [1.165, 1.54) is 0 Å². The summed E-state index contributed by atoms with van der Waals surface area (Å²) >= 11 is 5.98. The van der Waals surface area contributed by atoms with E-state index in [0.29, 0.717) is 19.4 Å². The van der Waals surface area contributed by atoms with Gasteiger partial charge in [-0.15, -0.1) is 0 Å². The van der Waals surface area contributed by atoms with Gasteiger partial charge in [-0.2, -0.15) is 14.4 Å². The summed E-state index contributed by atoms with van der Waals surface area (Å²) in [5.74, 6) is -1.44. The number of aromatic nitrogens is 2. The fourth-order valence-electron chi connectivity index (χ4n) is 1.99. The van der Waals surface area contributed by atoms with Gasteiger partial charge in [-0.25, -0.2) is 0 Å². The van der Waals surface area contributed by atoms with E-state index in [1.54, 1.807) is 4.90 Å². The van der Waals surface area contributed by atoms with Crippen LogP contribution in [0, 0.1) is 12.0 Å². The van der Waals surface area contributed by atoms with E-state index < -0.39 is 18.0 Å². The average Bonchev–Trinajstić information content (AvgIpc) is 2.41. The van der Waals surface area contributed by atoms with Gasteiger partial charge in [0, 0.05) is 13.1 Å². The van der Waals surface area contributed by atoms with E-state index in [-0.39, 0.29) is 23.2 Å². The number of hydrogen-bond acceptors (Lipinski definition) is 5. The van der Waals surface area contributed by atoms with Crippen molar-refractivity contribution in [3.05, 3.63) is 11.1 Å². The minimum atomic E-state index is -1.01. The Balaban J connectivity index is 2.30.